The van der Waals surface area contributed by atoms with E-state index in [1.54, 1.807) is 14.2 Å². The topological polar surface area (TPSA) is 89.0 Å². The van der Waals surface area contributed by atoms with E-state index in [9.17, 15) is 0 Å². The van der Waals surface area contributed by atoms with Crippen molar-refractivity contribution in [3.05, 3.63) is 107 Å². The summed E-state index contributed by atoms with van der Waals surface area (Å²) in [5.41, 5.74) is 7.71. The number of hydrogen-bond donors (Lipinski definition) is 1. The predicted molar refractivity (Wildman–Crippen MR) is 196 cm³/mol. The number of methoxy groups -OCH3 is 2. The van der Waals surface area contributed by atoms with Gasteiger partial charge < -0.3 is 38.6 Å². The summed E-state index contributed by atoms with van der Waals surface area (Å²) in [5, 5.41) is 0. The molecule has 9 nitrogen and oxygen atoms in total. The van der Waals surface area contributed by atoms with Crippen LogP contribution in [0.5, 0.6) is 11.5 Å². The lowest BCUT2D eigenvalue weighted by molar-refractivity contribution is -0.0717. The van der Waals surface area contributed by atoms with Gasteiger partial charge in [-0.3, -0.25) is 0 Å². The monoisotopic (exact) mass is 687 g/mol. The highest BCUT2D eigenvalue weighted by Gasteiger charge is 2.47. The molecule has 262 valence electrons. The lowest BCUT2D eigenvalue weighted by atomic mass is 9.79. The molecule has 0 amide bonds. The van der Waals surface area contributed by atoms with Gasteiger partial charge in [0.1, 0.15) is 37.7 Å². The van der Waals surface area contributed by atoms with Crippen molar-refractivity contribution in [2.45, 2.75) is 76.4 Å². The predicted octanol–water partition coefficient (Wildman–Crippen LogP) is 6.93. The molecule has 1 saturated heterocycles. The van der Waals surface area contributed by atoms with Gasteiger partial charge in [-0.15, -0.1) is 0 Å². The molecule has 1 fully saturated rings. The maximum atomic E-state index is 7.30. The second-order valence-corrected chi connectivity index (χ2v) is 14.0. The molecule has 5 atom stereocenters. The van der Waals surface area contributed by atoms with E-state index in [0.29, 0.717) is 6.54 Å². The summed E-state index contributed by atoms with van der Waals surface area (Å²) in [5.74, 6) is 1.35. The third-order valence-corrected chi connectivity index (χ3v) is 10.9. The minimum atomic E-state index is -1.55. The number of rotatable bonds is 19. The molecule has 2 radical (unpaired) electrons. The summed E-state index contributed by atoms with van der Waals surface area (Å²) < 4.78 is 40.3. The van der Waals surface area contributed by atoms with Crippen molar-refractivity contribution in [1.29, 1.82) is 0 Å². The highest BCUT2D eigenvalue weighted by Crippen LogP contribution is 2.51. The Morgan fingerprint density at radius 1 is 0.898 bits per heavy atom. The Labute approximate surface area is 295 Å². The minimum Gasteiger partial charge on any atom is -0.497 e. The molecular weight excluding hydrogens is 636 g/mol. The first kappa shape index (κ1) is 38.8. The van der Waals surface area contributed by atoms with Gasteiger partial charge in [0.2, 0.25) is 6.54 Å². The van der Waals surface area contributed by atoms with E-state index in [-0.39, 0.29) is 37.8 Å². The standard InChI is InChI=1S/C38H51BN3O6P/c1-27(2)42(28(3)4)49(46-25-24-41-5)48-36-34(14-11-23-40)37(39)47-35(36)26-45-38(29-12-9-8-10-13-29,30-15-19-32(43-6)20-16-30)31-17-21-33(44-7)22-18-31/h8-10,12-13,15-22,27-28,34-37H,11,14,23-26,40H2,1-4,6-7H3/t34-,35+,36?,37+,49?/m0/s1. The van der Waals surface area contributed by atoms with Crippen LogP contribution >= 0.6 is 8.53 Å². The quantitative estimate of drug-likeness (QED) is 0.0478. The Balaban J connectivity index is 1.79. The molecule has 1 aliphatic heterocycles. The Morgan fingerprint density at radius 2 is 1.45 bits per heavy atom. The van der Waals surface area contributed by atoms with Crippen LogP contribution in [-0.4, -0.2) is 83.3 Å². The molecule has 49 heavy (non-hydrogen) atoms. The van der Waals surface area contributed by atoms with E-state index in [4.69, 9.17) is 48.1 Å². The van der Waals surface area contributed by atoms with Gasteiger partial charge in [0.15, 0.2) is 0 Å². The summed E-state index contributed by atoms with van der Waals surface area (Å²) in [6.07, 6.45) is 0.540. The van der Waals surface area contributed by atoms with E-state index in [1.807, 2.05) is 66.7 Å². The Morgan fingerprint density at radius 3 is 1.94 bits per heavy atom. The van der Waals surface area contributed by atoms with Crippen LogP contribution in [0.4, 0.5) is 0 Å². The Bertz CT molecular complexity index is 1390. The largest absolute Gasteiger partial charge is 0.497 e. The zero-order valence-electron chi connectivity index (χ0n) is 29.7. The molecule has 0 bridgehead atoms. The zero-order chi connectivity index (χ0) is 35.4. The van der Waals surface area contributed by atoms with Crippen LogP contribution in [0, 0.1) is 12.5 Å². The first-order chi connectivity index (χ1) is 23.7. The third-order valence-electron chi connectivity index (χ3n) is 8.78. The van der Waals surface area contributed by atoms with Crippen molar-refractivity contribution >= 4 is 16.4 Å². The maximum absolute atomic E-state index is 7.30. The SMILES string of the molecule is [B][C@@H]1O[C@H](COC(c2ccccc2)(c2ccc(OC)cc2)c2ccc(OC)cc2)C(OP(OCC[N+]#[C-])N(C(C)C)C(C)C)[C@@H]1CCCN. The molecule has 2 N–H and O–H groups in total. The number of nitrogens with two attached hydrogens (primary N) is 1. The van der Waals surface area contributed by atoms with Gasteiger partial charge in [-0.2, -0.15) is 0 Å². The molecule has 1 aliphatic rings. The average Bonchev–Trinajstić information content (AvgIpc) is 3.41. The van der Waals surface area contributed by atoms with Gasteiger partial charge in [-0.25, -0.2) is 11.2 Å². The fraction of sp³-hybridized carbons (Fsp3) is 0.500. The van der Waals surface area contributed by atoms with Crippen molar-refractivity contribution in [2.24, 2.45) is 11.7 Å². The molecule has 11 heteroatoms. The number of nitrogens with zero attached hydrogens (tertiary/aromatic N) is 2. The fourth-order valence-corrected chi connectivity index (χ4v) is 8.28. The van der Waals surface area contributed by atoms with Crippen molar-refractivity contribution in [3.63, 3.8) is 0 Å². The molecule has 0 aromatic heterocycles. The van der Waals surface area contributed by atoms with Crippen molar-refractivity contribution in [1.82, 2.24) is 4.67 Å². The van der Waals surface area contributed by atoms with Crippen LogP contribution in [0.2, 0.25) is 0 Å². The van der Waals surface area contributed by atoms with Crippen LogP contribution in [-0.2, 0) is 24.1 Å². The molecular formula is C38H51BN3O6P. The van der Waals surface area contributed by atoms with E-state index >= 15 is 0 Å². The van der Waals surface area contributed by atoms with Crippen molar-refractivity contribution in [3.8, 4) is 11.5 Å². The number of ether oxygens (including phenoxy) is 4. The molecule has 3 aromatic rings. The summed E-state index contributed by atoms with van der Waals surface area (Å²) in [6, 6.07) is 25.7. The highest BCUT2D eigenvalue weighted by molar-refractivity contribution is 7.44. The third kappa shape index (κ3) is 9.42. The van der Waals surface area contributed by atoms with Gasteiger partial charge in [-0.1, -0.05) is 54.6 Å². The molecule has 0 spiro atoms. The van der Waals surface area contributed by atoms with E-state index in [2.05, 4.69) is 49.3 Å². The summed E-state index contributed by atoms with van der Waals surface area (Å²) in [4.78, 5) is 3.50. The van der Waals surface area contributed by atoms with Gasteiger partial charge in [0.05, 0.1) is 26.9 Å². The summed E-state index contributed by atoms with van der Waals surface area (Å²) in [6.45, 7) is 17.0. The lowest BCUT2D eigenvalue weighted by Gasteiger charge is -2.39. The highest BCUT2D eigenvalue weighted by atomic mass is 31.2. The Kier molecular flexibility index (Phi) is 14.9. The van der Waals surface area contributed by atoms with Crippen LogP contribution in [0.15, 0.2) is 78.9 Å². The van der Waals surface area contributed by atoms with E-state index in [0.717, 1.165) is 41.0 Å². The molecule has 2 unspecified atom stereocenters. The molecule has 1 heterocycles. The molecule has 0 saturated carbocycles. The molecule has 3 aromatic carbocycles. The van der Waals surface area contributed by atoms with Crippen molar-refractivity contribution in [2.75, 3.05) is 40.5 Å². The zero-order valence-corrected chi connectivity index (χ0v) is 30.6. The van der Waals surface area contributed by atoms with Crippen LogP contribution < -0.4 is 15.2 Å². The number of hydrogen-bond acceptors (Lipinski definition) is 8. The average molecular weight is 688 g/mol. The normalized spacial score (nSPS) is 20.1. The van der Waals surface area contributed by atoms with Crippen LogP contribution in [0.1, 0.15) is 57.2 Å². The second-order valence-electron chi connectivity index (χ2n) is 12.6. The summed E-state index contributed by atoms with van der Waals surface area (Å²) >= 11 is 0. The van der Waals surface area contributed by atoms with E-state index < -0.39 is 32.3 Å². The van der Waals surface area contributed by atoms with Gasteiger partial charge >= 0.3 is 0 Å². The van der Waals surface area contributed by atoms with Crippen molar-refractivity contribution < 1.29 is 28.0 Å². The Hall–Kier alpha value is -3.00. The summed E-state index contributed by atoms with van der Waals surface area (Å²) in [7, 11) is 8.47. The van der Waals surface area contributed by atoms with Gasteiger partial charge in [0.25, 0.3) is 8.53 Å². The minimum absolute atomic E-state index is 0.138. The first-order valence-electron chi connectivity index (χ1n) is 17.0. The maximum Gasteiger partial charge on any atom is 0.259 e. The van der Waals surface area contributed by atoms with Gasteiger partial charge in [-0.05, 0) is 88.0 Å². The van der Waals surface area contributed by atoms with E-state index in [1.165, 1.54) is 0 Å². The van der Waals surface area contributed by atoms with Crippen LogP contribution in [0.25, 0.3) is 4.85 Å². The van der Waals surface area contributed by atoms with Gasteiger partial charge in [0, 0.05) is 24.0 Å². The molecule has 0 aliphatic carbocycles. The fourth-order valence-electron chi connectivity index (χ4n) is 6.48. The lowest BCUT2D eigenvalue weighted by Crippen LogP contribution is -2.41. The number of benzene rings is 3. The second kappa shape index (κ2) is 18.8. The van der Waals surface area contributed by atoms with Crippen LogP contribution in [0.3, 0.4) is 0 Å². The first-order valence-corrected chi connectivity index (χ1v) is 18.1. The smallest absolute Gasteiger partial charge is 0.259 e. The molecule has 4 rings (SSSR count).